The number of anilines is 2. The predicted molar refractivity (Wildman–Crippen MR) is 171 cm³/mol. The molecule has 0 radical (unpaired) electrons. The Bertz CT molecular complexity index is 1520. The number of allylic oxidation sites excluding steroid dienone is 1. The quantitative estimate of drug-likeness (QED) is 0.0624. The summed E-state index contributed by atoms with van der Waals surface area (Å²) in [4.78, 5) is 24.2. The Morgan fingerprint density at radius 2 is 1.48 bits per heavy atom. The lowest BCUT2D eigenvalue weighted by Gasteiger charge is -2.11. The Kier molecular flexibility index (Phi) is 10.5. The predicted octanol–water partition coefficient (Wildman–Crippen LogP) is 7.86. The molecule has 0 aliphatic carbocycles. The minimum absolute atomic E-state index is 0.0450. The van der Waals surface area contributed by atoms with E-state index >= 15 is 0 Å². The van der Waals surface area contributed by atoms with Gasteiger partial charge in [-0.05, 0) is 90.3 Å². The number of rotatable bonds is 14. The molecule has 5 N–H and O–H groups in total. The fourth-order valence-electron chi connectivity index (χ4n) is 4.88. The number of aryl methyl sites for hydroxylation is 1. The summed E-state index contributed by atoms with van der Waals surface area (Å²) >= 11 is 0. The Morgan fingerprint density at radius 1 is 0.810 bits per heavy atom. The molecule has 0 fully saturated rings. The van der Waals surface area contributed by atoms with Crippen molar-refractivity contribution in [1.82, 2.24) is 0 Å². The summed E-state index contributed by atoms with van der Waals surface area (Å²) in [7, 11) is 0. The molecule has 6 nitrogen and oxygen atoms in total. The molecule has 4 aromatic rings. The standard InChI is InChI=1S/C36H38N2O4/c1-2-6-25-8-13-27(14-9-25)28-15-17-29(18-16-28)35(39)21-12-26-10-19-31(20-11-26)42-22-5-3-4-7-32-33(36(40)41)23-30(37)24-34(32)38/h8-21,23-24H,2-7,22,37-38H2,1H3,(H,40,41)/b21-12+. The summed E-state index contributed by atoms with van der Waals surface area (Å²) in [6.07, 6.45) is 8.68. The number of nitrogens with two attached hydrogens (primary N) is 2. The summed E-state index contributed by atoms with van der Waals surface area (Å²) in [6, 6.07) is 27.0. The van der Waals surface area contributed by atoms with Crippen LogP contribution in [0.3, 0.4) is 0 Å². The number of carbonyl (C=O) groups is 2. The van der Waals surface area contributed by atoms with Crippen molar-refractivity contribution in [1.29, 1.82) is 0 Å². The van der Waals surface area contributed by atoms with E-state index < -0.39 is 5.97 Å². The first-order chi connectivity index (χ1) is 20.3. The van der Waals surface area contributed by atoms with Gasteiger partial charge in [-0.15, -0.1) is 0 Å². The van der Waals surface area contributed by atoms with E-state index in [1.165, 1.54) is 11.6 Å². The fourth-order valence-corrected chi connectivity index (χ4v) is 4.88. The van der Waals surface area contributed by atoms with Gasteiger partial charge in [0.1, 0.15) is 5.75 Å². The van der Waals surface area contributed by atoms with Crippen LogP contribution in [-0.2, 0) is 12.8 Å². The number of unbranched alkanes of at least 4 members (excludes halogenated alkanes) is 2. The number of benzene rings is 4. The number of nitrogen functional groups attached to an aromatic ring is 2. The van der Waals surface area contributed by atoms with Crippen molar-refractivity contribution in [3.05, 3.63) is 119 Å². The van der Waals surface area contributed by atoms with Crippen LogP contribution in [0.2, 0.25) is 0 Å². The van der Waals surface area contributed by atoms with Crippen molar-refractivity contribution in [3.63, 3.8) is 0 Å². The topological polar surface area (TPSA) is 116 Å². The van der Waals surface area contributed by atoms with Gasteiger partial charge in [-0.2, -0.15) is 0 Å². The largest absolute Gasteiger partial charge is 0.494 e. The lowest BCUT2D eigenvalue weighted by Crippen LogP contribution is -2.08. The van der Waals surface area contributed by atoms with Crippen molar-refractivity contribution in [2.75, 3.05) is 18.1 Å². The molecule has 0 saturated carbocycles. The van der Waals surface area contributed by atoms with E-state index in [0.29, 0.717) is 35.5 Å². The van der Waals surface area contributed by atoms with Gasteiger partial charge in [-0.25, -0.2) is 4.79 Å². The first-order valence-corrected chi connectivity index (χ1v) is 14.4. The molecule has 0 heterocycles. The third-order valence-electron chi connectivity index (χ3n) is 7.18. The van der Waals surface area contributed by atoms with Gasteiger partial charge >= 0.3 is 5.97 Å². The average molecular weight is 563 g/mol. The minimum atomic E-state index is -1.02. The monoisotopic (exact) mass is 562 g/mol. The van der Waals surface area contributed by atoms with Crippen molar-refractivity contribution in [3.8, 4) is 16.9 Å². The van der Waals surface area contributed by atoms with Crippen LogP contribution in [0, 0.1) is 0 Å². The zero-order valence-electron chi connectivity index (χ0n) is 24.0. The second kappa shape index (κ2) is 14.7. The summed E-state index contributed by atoms with van der Waals surface area (Å²) in [5.41, 5.74) is 18.4. The van der Waals surface area contributed by atoms with E-state index in [9.17, 15) is 14.7 Å². The molecule has 216 valence electrons. The Hall–Kier alpha value is -4.84. The van der Waals surface area contributed by atoms with E-state index in [4.69, 9.17) is 16.2 Å². The SMILES string of the molecule is CCCc1ccc(-c2ccc(C(=O)/C=C/c3ccc(OCCCCCc4c(N)cc(N)cc4C(=O)O)cc3)cc2)cc1. The van der Waals surface area contributed by atoms with Gasteiger partial charge in [0, 0.05) is 16.9 Å². The molecule has 4 rings (SSSR count). The van der Waals surface area contributed by atoms with Crippen LogP contribution in [-0.4, -0.2) is 23.5 Å². The van der Waals surface area contributed by atoms with Crippen LogP contribution in [0.4, 0.5) is 11.4 Å². The molecular formula is C36H38N2O4. The van der Waals surface area contributed by atoms with E-state index in [-0.39, 0.29) is 11.3 Å². The Labute approximate surface area is 247 Å². The van der Waals surface area contributed by atoms with Crippen molar-refractivity contribution < 1.29 is 19.4 Å². The molecule has 0 aromatic heterocycles. The van der Waals surface area contributed by atoms with E-state index in [0.717, 1.165) is 54.5 Å². The lowest BCUT2D eigenvalue weighted by atomic mass is 9.98. The van der Waals surface area contributed by atoms with Crippen LogP contribution in [0.15, 0.2) is 91.0 Å². The van der Waals surface area contributed by atoms with Gasteiger partial charge in [-0.1, -0.05) is 80.1 Å². The zero-order chi connectivity index (χ0) is 29.9. The highest BCUT2D eigenvalue weighted by atomic mass is 16.5. The van der Waals surface area contributed by atoms with Crippen molar-refractivity contribution in [2.24, 2.45) is 0 Å². The number of ketones is 1. The number of ether oxygens (including phenoxy) is 1. The first kappa shape index (κ1) is 30.1. The maximum Gasteiger partial charge on any atom is 0.336 e. The molecular weight excluding hydrogens is 524 g/mol. The van der Waals surface area contributed by atoms with Crippen LogP contribution in [0.5, 0.6) is 5.75 Å². The fraction of sp³-hybridized carbons (Fsp3) is 0.222. The highest BCUT2D eigenvalue weighted by molar-refractivity contribution is 6.07. The number of hydrogen-bond acceptors (Lipinski definition) is 5. The number of carboxylic acids is 1. The Balaban J connectivity index is 1.21. The van der Waals surface area contributed by atoms with Gasteiger partial charge < -0.3 is 21.3 Å². The summed E-state index contributed by atoms with van der Waals surface area (Å²) in [6.45, 7) is 2.73. The number of carboxylic acid groups (broad SMARTS) is 1. The molecule has 0 aliphatic heterocycles. The van der Waals surface area contributed by atoms with Gasteiger partial charge in [0.2, 0.25) is 0 Å². The average Bonchev–Trinajstić information content (AvgIpc) is 2.99. The van der Waals surface area contributed by atoms with Crippen molar-refractivity contribution in [2.45, 2.75) is 45.4 Å². The third-order valence-corrected chi connectivity index (χ3v) is 7.18. The zero-order valence-corrected chi connectivity index (χ0v) is 24.0. The molecule has 0 amide bonds. The number of aromatic carboxylic acids is 1. The van der Waals surface area contributed by atoms with Gasteiger partial charge in [0.05, 0.1) is 12.2 Å². The van der Waals surface area contributed by atoms with Crippen LogP contribution in [0.25, 0.3) is 17.2 Å². The molecule has 0 spiro atoms. The van der Waals surface area contributed by atoms with E-state index in [1.54, 1.807) is 18.2 Å². The molecule has 0 saturated heterocycles. The normalized spacial score (nSPS) is 11.1. The highest BCUT2D eigenvalue weighted by Gasteiger charge is 2.14. The summed E-state index contributed by atoms with van der Waals surface area (Å²) in [5.74, 6) is -0.308. The number of hydrogen-bond donors (Lipinski definition) is 3. The first-order valence-electron chi connectivity index (χ1n) is 14.4. The maximum absolute atomic E-state index is 12.7. The second-order valence-corrected chi connectivity index (χ2v) is 10.4. The van der Waals surface area contributed by atoms with E-state index in [2.05, 4.69) is 31.2 Å². The second-order valence-electron chi connectivity index (χ2n) is 10.4. The smallest absolute Gasteiger partial charge is 0.336 e. The van der Waals surface area contributed by atoms with Crippen molar-refractivity contribution >= 4 is 29.2 Å². The Morgan fingerprint density at radius 3 is 2.12 bits per heavy atom. The van der Waals surface area contributed by atoms with E-state index in [1.807, 2.05) is 48.5 Å². The molecule has 4 aromatic carbocycles. The minimum Gasteiger partial charge on any atom is -0.494 e. The van der Waals surface area contributed by atoms with Crippen LogP contribution < -0.4 is 16.2 Å². The van der Waals surface area contributed by atoms with Crippen LogP contribution in [0.1, 0.15) is 70.0 Å². The molecule has 0 aliphatic rings. The lowest BCUT2D eigenvalue weighted by molar-refractivity contribution is 0.0695. The molecule has 0 atom stereocenters. The third kappa shape index (κ3) is 8.33. The van der Waals surface area contributed by atoms with Crippen LogP contribution >= 0.6 is 0 Å². The molecule has 42 heavy (non-hydrogen) atoms. The molecule has 0 unspecified atom stereocenters. The maximum atomic E-state index is 12.7. The van der Waals surface area contributed by atoms with Gasteiger partial charge in [-0.3, -0.25) is 4.79 Å². The van der Waals surface area contributed by atoms with Gasteiger partial charge in [0.15, 0.2) is 5.78 Å². The summed E-state index contributed by atoms with van der Waals surface area (Å²) < 4.78 is 5.85. The highest BCUT2D eigenvalue weighted by Crippen LogP contribution is 2.24. The van der Waals surface area contributed by atoms with Gasteiger partial charge in [0.25, 0.3) is 0 Å². The summed E-state index contributed by atoms with van der Waals surface area (Å²) in [5, 5.41) is 9.43. The molecule has 6 heteroatoms. The molecule has 0 bridgehead atoms. The number of carbonyl (C=O) groups excluding carboxylic acids is 1.